The van der Waals surface area contributed by atoms with Crippen molar-refractivity contribution in [3.63, 3.8) is 0 Å². The summed E-state index contributed by atoms with van der Waals surface area (Å²) in [5.41, 5.74) is 2.17. The quantitative estimate of drug-likeness (QED) is 0.915. The maximum absolute atomic E-state index is 6.03. The van der Waals surface area contributed by atoms with Crippen LogP contribution in [0.1, 0.15) is 18.5 Å². The number of rotatable bonds is 4. The summed E-state index contributed by atoms with van der Waals surface area (Å²) < 4.78 is 0. The van der Waals surface area contributed by atoms with Gasteiger partial charge >= 0.3 is 0 Å². The fourth-order valence-corrected chi connectivity index (χ4v) is 2.16. The summed E-state index contributed by atoms with van der Waals surface area (Å²) in [6.07, 6.45) is 1.80. The first-order chi connectivity index (χ1) is 9.08. The van der Waals surface area contributed by atoms with Gasteiger partial charge < -0.3 is 10.2 Å². The van der Waals surface area contributed by atoms with Gasteiger partial charge in [0.25, 0.3) is 0 Å². The zero-order valence-electron chi connectivity index (χ0n) is 11.4. The van der Waals surface area contributed by atoms with E-state index < -0.39 is 0 Å². The van der Waals surface area contributed by atoms with Crippen molar-refractivity contribution < 1.29 is 0 Å². The van der Waals surface area contributed by atoms with Crippen LogP contribution in [0, 0.1) is 0 Å². The molecule has 2 aromatic rings. The molecule has 19 heavy (non-hydrogen) atoms. The predicted octanol–water partition coefficient (Wildman–Crippen LogP) is 3.97. The SMILES string of the molecule is CC(Nc1cccnc1N(C)C)c1cccc(Cl)c1. The Kier molecular flexibility index (Phi) is 4.27. The van der Waals surface area contributed by atoms with Gasteiger partial charge in [0.1, 0.15) is 0 Å². The number of aromatic nitrogens is 1. The second-order valence-electron chi connectivity index (χ2n) is 4.69. The number of hydrogen-bond acceptors (Lipinski definition) is 3. The van der Waals surface area contributed by atoms with E-state index in [9.17, 15) is 0 Å². The van der Waals surface area contributed by atoms with Gasteiger partial charge in [-0.3, -0.25) is 0 Å². The zero-order valence-corrected chi connectivity index (χ0v) is 12.1. The second-order valence-corrected chi connectivity index (χ2v) is 5.13. The van der Waals surface area contributed by atoms with Crippen molar-refractivity contribution in [2.75, 3.05) is 24.3 Å². The molecule has 0 bridgehead atoms. The van der Waals surface area contributed by atoms with Gasteiger partial charge in [-0.1, -0.05) is 23.7 Å². The van der Waals surface area contributed by atoms with Gasteiger partial charge in [-0.05, 0) is 36.8 Å². The molecule has 1 aromatic heterocycles. The minimum absolute atomic E-state index is 0.168. The fourth-order valence-electron chi connectivity index (χ4n) is 1.96. The molecule has 0 aliphatic carbocycles. The van der Waals surface area contributed by atoms with Crippen molar-refractivity contribution in [2.45, 2.75) is 13.0 Å². The highest BCUT2D eigenvalue weighted by Crippen LogP contribution is 2.26. The normalized spacial score (nSPS) is 12.0. The van der Waals surface area contributed by atoms with Crippen LogP contribution in [-0.4, -0.2) is 19.1 Å². The highest BCUT2D eigenvalue weighted by atomic mass is 35.5. The van der Waals surface area contributed by atoms with E-state index in [1.54, 1.807) is 6.20 Å². The fraction of sp³-hybridized carbons (Fsp3) is 0.267. The second kappa shape index (κ2) is 5.93. The third-order valence-electron chi connectivity index (χ3n) is 2.93. The Morgan fingerprint density at radius 2 is 2.00 bits per heavy atom. The summed E-state index contributed by atoms with van der Waals surface area (Å²) in [5.74, 6) is 0.927. The van der Waals surface area contributed by atoms with Crippen LogP contribution in [0.25, 0.3) is 0 Å². The standard InChI is InChI=1S/C15H18ClN3/c1-11(12-6-4-7-13(16)10-12)18-14-8-5-9-17-15(14)19(2)3/h4-11,18H,1-3H3. The van der Waals surface area contributed by atoms with Crippen LogP contribution in [0.4, 0.5) is 11.5 Å². The zero-order chi connectivity index (χ0) is 13.8. The molecule has 1 unspecified atom stereocenters. The van der Waals surface area contributed by atoms with E-state index in [0.29, 0.717) is 0 Å². The lowest BCUT2D eigenvalue weighted by Gasteiger charge is -2.21. The Morgan fingerprint density at radius 1 is 1.21 bits per heavy atom. The number of anilines is 2. The van der Waals surface area contributed by atoms with Crippen molar-refractivity contribution in [2.24, 2.45) is 0 Å². The van der Waals surface area contributed by atoms with Gasteiger partial charge in [0.05, 0.1) is 5.69 Å². The third-order valence-corrected chi connectivity index (χ3v) is 3.17. The predicted molar refractivity (Wildman–Crippen MR) is 82.1 cm³/mol. The summed E-state index contributed by atoms with van der Waals surface area (Å²) in [7, 11) is 3.97. The monoisotopic (exact) mass is 275 g/mol. The van der Waals surface area contributed by atoms with Crippen molar-refractivity contribution in [3.05, 3.63) is 53.2 Å². The lowest BCUT2D eigenvalue weighted by molar-refractivity contribution is 0.880. The van der Waals surface area contributed by atoms with Crippen molar-refractivity contribution in [1.82, 2.24) is 4.98 Å². The molecule has 100 valence electrons. The topological polar surface area (TPSA) is 28.2 Å². The Bertz CT molecular complexity index is 555. The Balaban J connectivity index is 2.22. The largest absolute Gasteiger partial charge is 0.376 e. The van der Waals surface area contributed by atoms with E-state index in [1.807, 2.05) is 49.3 Å². The molecule has 1 N–H and O–H groups in total. The van der Waals surface area contributed by atoms with Gasteiger partial charge in [0.2, 0.25) is 0 Å². The molecule has 0 spiro atoms. The van der Waals surface area contributed by atoms with Crippen molar-refractivity contribution in [1.29, 1.82) is 0 Å². The number of hydrogen-bond donors (Lipinski definition) is 1. The lowest BCUT2D eigenvalue weighted by atomic mass is 10.1. The highest BCUT2D eigenvalue weighted by molar-refractivity contribution is 6.30. The van der Waals surface area contributed by atoms with Gasteiger partial charge in [0, 0.05) is 31.4 Å². The van der Waals surface area contributed by atoms with E-state index in [4.69, 9.17) is 11.6 Å². The number of halogens is 1. The number of pyridine rings is 1. The molecule has 0 aliphatic rings. The van der Waals surface area contributed by atoms with Gasteiger partial charge in [-0.2, -0.15) is 0 Å². The van der Waals surface area contributed by atoms with Gasteiger partial charge in [-0.25, -0.2) is 4.98 Å². The van der Waals surface area contributed by atoms with Crippen LogP contribution in [-0.2, 0) is 0 Å². The van der Waals surface area contributed by atoms with Gasteiger partial charge in [-0.15, -0.1) is 0 Å². The van der Waals surface area contributed by atoms with E-state index in [-0.39, 0.29) is 6.04 Å². The molecule has 0 aliphatic heterocycles. The molecule has 2 rings (SSSR count). The van der Waals surface area contributed by atoms with Crippen LogP contribution < -0.4 is 10.2 Å². The van der Waals surface area contributed by atoms with Crippen LogP contribution in [0.15, 0.2) is 42.6 Å². The molecule has 4 heteroatoms. The van der Waals surface area contributed by atoms with Crippen LogP contribution in [0.5, 0.6) is 0 Å². The van der Waals surface area contributed by atoms with Gasteiger partial charge in [0.15, 0.2) is 5.82 Å². The maximum atomic E-state index is 6.03. The average Bonchev–Trinajstić information content (AvgIpc) is 2.39. The first-order valence-corrected chi connectivity index (χ1v) is 6.60. The van der Waals surface area contributed by atoms with Crippen LogP contribution in [0.2, 0.25) is 5.02 Å². The first-order valence-electron chi connectivity index (χ1n) is 6.22. The number of benzene rings is 1. The minimum atomic E-state index is 0.168. The molecule has 0 amide bonds. The Morgan fingerprint density at radius 3 is 2.68 bits per heavy atom. The highest BCUT2D eigenvalue weighted by Gasteiger charge is 2.10. The molecule has 1 heterocycles. The van der Waals surface area contributed by atoms with E-state index in [1.165, 1.54) is 0 Å². The number of nitrogens with zero attached hydrogens (tertiary/aromatic N) is 2. The van der Waals surface area contributed by atoms with Crippen LogP contribution in [0.3, 0.4) is 0 Å². The third kappa shape index (κ3) is 3.38. The van der Waals surface area contributed by atoms with E-state index in [2.05, 4.69) is 23.3 Å². The Hall–Kier alpha value is -1.74. The first kappa shape index (κ1) is 13.7. The lowest BCUT2D eigenvalue weighted by Crippen LogP contribution is -2.15. The van der Waals surface area contributed by atoms with Crippen molar-refractivity contribution >= 4 is 23.1 Å². The molecule has 0 saturated carbocycles. The van der Waals surface area contributed by atoms with Crippen molar-refractivity contribution in [3.8, 4) is 0 Å². The van der Waals surface area contributed by atoms with E-state index >= 15 is 0 Å². The molecular formula is C15H18ClN3. The minimum Gasteiger partial charge on any atom is -0.376 e. The molecule has 0 radical (unpaired) electrons. The summed E-state index contributed by atoms with van der Waals surface area (Å²) in [4.78, 5) is 6.37. The molecule has 0 fully saturated rings. The van der Waals surface area contributed by atoms with E-state index in [0.717, 1.165) is 22.1 Å². The number of nitrogens with one attached hydrogen (secondary N) is 1. The summed E-state index contributed by atoms with van der Waals surface area (Å²) in [6, 6.07) is 12.0. The summed E-state index contributed by atoms with van der Waals surface area (Å²) in [6.45, 7) is 2.11. The average molecular weight is 276 g/mol. The summed E-state index contributed by atoms with van der Waals surface area (Å²) >= 11 is 6.03. The molecule has 1 atom stereocenters. The molecule has 0 saturated heterocycles. The molecule has 1 aromatic carbocycles. The van der Waals surface area contributed by atoms with Crippen LogP contribution >= 0.6 is 11.6 Å². The maximum Gasteiger partial charge on any atom is 0.151 e. The molecular weight excluding hydrogens is 258 g/mol. The summed E-state index contributed by atoms with van der Waals surface area (Å²) in [5, 5.41) is 4.23. The Labute approximate surface area is 119 Å². The molecule has 3 nitrogen and oxygen atoms in total. The smallest absolute Gasteiger partial charge is 0.151 e.